The van der Waals surface area contributed by atoms with Gasteiger partial charge in [-0.25, -0.2) is 9.97 Å². The predicted octanol–water partition coefficient (Wildman–Crippen LogP) is 1.93. The van der Waals surface area contributed by atoms with Gasteiger partial charge in [0.2, 0.25) is 5.91 Å². The lowest BCUT2D eigenvalue weighted by Crippen LogP contribution is -2.27. The Hall–Kier alpha value is -4.27. The number of aromatic nitrogens is 6. The minimum absolute atomic E-state index is 0.131. The highest BCUT2D eigenvalue weighted by molar-refractivity contribution is 5.90. The van der Waals surface area contributed by atoms with Gasteiger partial charge in [-0.1, -0.05) is 18.2 Å². The van der Waals surface area contributed by atoms with Crippen LogP contribution in [0.2, 0.25) is 0 Å². The fraction of sp³-hybridized carbons (Fsp3) is 0.0952. The van der Waals surface area contributed by atoms with Crippen LogP contribution >= 0.6 is 0 Å². The van der Waals surface area contributed by atoms with Crippen LogP contribution < -0.4 is 10.9 Å². The molecule has 0 saturated heterocycles. The van der Waals surface area contributed by atoms with E-state index in [0.29, 0.717) is 23.1 Å². The van der Waals surface area contributed by atoms with E-state index >= 15 is 0 Å². The van der Waals surface area contributed by atoms with Gasteiger partial charge in [-0.05, 0) is 24.3 Å². The van der Waals surface area contributed by atoms with E-state index in [9.17, 15) is 9.59 Å². The summed E-state index contributed by atoms with van der Waals surface area (Å²) < 4.78 is 4.93. The zero-order chi connectivity index (χ0) is 20.5. The summed E-state index contributed by atoms with van der Waals surface area (Å²) in [5.74, 6) is -0.332. The molecule has 1 N–H and O–H groups in total. The van der Waals surface area contributed by atoms with Crippen LogP contribution in [0.25, 0.3) is 16.6 Å². The van der Waals surface area contributed by atoms with Crippen LogP contribution in [-0.2, 0) is 17.9 Å². The minimum Gasteiger partial charge on any atom is -0.322 e. The summed E-state index contributed by atoms with van der Waals surface area (Å²) in [6.07, 6.45) is 8.55. The number of nitrogens with one attached hydrogen (secondary N) is 1. The standard InChI is InChI=1S/C21H17N7O2/c29-20(13-27-14-22-18-6-2-1-5-17(18)21(27)30)25-15-9-23-28(11-15)12-16-10-26-8-4-3-7-19(26)24-16/h1-11,14H,12-13H2,(H,25,29). The van der Waals surface area contributed by atoms with Crippen LogP contribution in [0, 0.1) is 0 Å². The fourth-order valence-electron chi connectivity index (χ4n) is 3.32. The lowest BCUT2D eigenvalue weighted by Gasteiger charge is -2.06. The lowest BCUT2D eigenvalue weighted by molar-refractivity contribution is -0.116. The number of hydrogen-bond donors (Lipinski definition) is 1. The first-order valence-corrected chi connectivity index (χ1v) is 9.35. The fourth-order valence-corrected chi connectivity index (χ4v) is 3.32. The number of rotatable bonds is 5. The molecule has 1 aromatic carbocycles. The first kappa shape index (κ1) is 17.8. The van der Waals surface area contributed by atoms with Crippen molar-refractivity contribution < 1.29 is 4.79 Å². The maximum absolute atomic E-state index is 12.5. The molecule has 5 rings (SSSR count). The Bertz CT molecular complexity index is 1400. The van der Waals surface area contributed by atoms with Gasteiger partial charge in [0.1, 0.15) is 12.2 Å². The second-order valence-electron chi connectivity index (χ2n) is 6.87. The molecule has 0 bridgehead atoms. The van der Waals surface area contributed by atoms with Gasteiger partial charge in [-0.2, -0.15) is 5.10 Å². The molecule has 0 atom stereocenters. The highest BCUT2D eigenvalue weighted by Gasteiger charge is 2.10. The number of nitrogens with zero attached hydrogens (tertiary/aromatic N) is 6. The average Bonchev–Trinajstić information content (AvgIpc) is 3.36. The maximum atomic E-state index is 12.5. The molecule has 5 aromatic rings. The third kappa shape index (κ3) is 3.44. The van der Waals surface area contributed by atoms with E-state index in [1.165, 1.54) is 10.9 Å². The number of carbonyl (C=O) groups is 1. The zero-order valence-electron chi connectivity index (χ0n) is 15.8. The van der Waals surface area contributed by atoms with E-state index in [4.69, 9.17) is 0 Å². The summed E-state index contributed by atoms with van der Waals surface area (Å²) in [4.78, 5) is 33.7. The Morgan fingerprint density at radius 3 is 2.83 bits per heavy atom. The summed E-state index contributed by atoms with van der Waals surface area (Å²) in [5.41, 5.74) is 2.62. The van der Waals surface area contributed by atoms with Crippen molar-refractivity contribution in [3.63, 3.8) is 0 Å². The van der Waals surface area contributed by atoms with Crippen LogP contribution in [0.15, 0.2) is 78.4 Å². The Balaban J connectivity index is 1.27. The van der Waals surface area contributed by atoms with E-state index in [1.54, 1.807) is 35.3 Å². The molecular formula is C21H17N7O2. The molecule has 4 aromatic heterocycles. The van der Waals surface area contributed by atoms with Crippen molar-refractivity contribution in [2.45, 2.75) is 13.1 Å². The van der Waals surface area contributed by atoms with Crippen molar-refractivity contribution in [2.24, 2.45) is 0 Å². The lowest BCUT2D eigenvalue weighted by atomic mass is 10.2. The van der Waals surface area contributed by atoms with E-state index in [1.807, 2.05) is 41.1 Å². The highest BCUT2D eigenvalue weighted by Crippen LogP contribution is 2.10. The Labute approximate surface area is 170 Å². The van der Waals surface area contributed by atoms with Gasteiger partial charge in [-0.3, -0.25) is 18.8 Å². The molecule has 0 aliphatic rings. The molecule has 0 fully saturated rings. The first-order valence-electron chi connectivity index (χ1n) is 9.35. The van der Waals surface area contributed by atoms with Crippen LogP contribution in [0.1, 0.15) is 5.69 Å². The Morgan fingerprint density at radius 2 is 1.93 bits per heavy atom. The van der Waals surface area contributed by atoms with Gasteiger partial charge < -0.3 is 9.72 Å². The van der Waals surface area contributed by atoms with Gasteiger partial charge in [-0.15, -0.1) is 0 Å². The van der Waals surface area contributed by atoms with Crippen molar-refractivity contribution in [1.29, 1.82) is 0 Å². The van der Waals surface area contributed by atoms with Gasteiger partial charge in [0.15, 0.2) is 0 Å². The second kappa shape index (κ2) is 7.28. The number of fused-ring (bicyclic) bond motifs is 2. The van der Waals surface area contributed by atoms with Gasteiger partial charge in [0.25, 0.3) is 5.56 Å². The summed E-state index contributed by atoms with van der Waals surface area (Å²) >= 11 is 0. The molecule has 9 heteroatoms. The van der Waals surface area contributed by atoms with Crippen molar-refractivity contribution in [2.75, 3.05) is 5.32 Å². The maximum Gasteiger partial charge on any atom is 0.261 e. The molecule has 0 spiro atoms. The zero-order valence-corrected chi connectivity index (χ0v) is 15.8. The molecule has 0 saturated carbocycles. The quantitative estimate of drug-likeness (QED) is 0.487. The van der Waals surface area contributed by atoms with Gasteiger partial charge in [0.05, 0.1) is 41.4 Å². The van der Waals surface area contributed by atoms with E-state index in [0.717, 1.165) is 11.3 Å². The van der Waals surface area contributed by atoms with Crippen molar-refractivity contribution in [1.82, 2.24) is 28.7 Å². The van der Waals surface area contributed by atoms with Crippen LogP contribution in [0.3, 0.4) is 0 Å². The van der Waals surface area contributed by atoms with Crippen molar-refractivity contribution in [3.8, 4) is 0 Å². The molecule has 0 radical (unpaired) electrons. The van der Waals surface area contributed by atoms with E-state index in [2.05, 4.69) is 20.4 Å². The molecule has 4 heterocycles. The third-order valence-corrected chi connectivity index (χ3v) is 4.70. The number of para-hydroxylation sites is 1. The smallest absolute Gasteiger partial charge is 0.261 e. The number of hydrogen-bond acceptors (Lipinski definition) is 5. The summed E-state index contributed by atoms with van der Waals surface area (Å²) in [7, 11) is 0. The number of benzene rings is 1. The molecule has 148 valence electrons. The molecule has 1 amide bonds. The number of carbonyl (C=O) groups excluding carboxylic acids is 1. The average molecular weight is 399 g/mol. The predicted molar refractivity (Wildman–Crippen MR) is 111 cm³/mol. The Morgan fingerprint density at radius 1 is 1.07 bits per heavy atom. The van der Waals surface area contributed by atoms with E-state index < -0.39 is 0 Å². The van der Waals surface area contributed by atoms with Crippen molar-refractivity contribution in [3.05, 3.63) is 89.6 Å². The van der Waals surface area contributed by atoms with Gasteiger partial charge in [0, 0.05) is 18.6 Å². The number of amides is 1. The monoisotopic (exact) mass is 399 g/mol. The number of anilines is 1. The minimum atomic E-state index is -0.332. The Kier molecular flexibility index (Phi) is 4.32. The molecule has 30 heavy (non-hydrogen) atoms. The summed E-state index contributed by atoms with van der Waals surface area (Å²) in [6, 6.07) is 12.9. The summed E-state index contributed by atoms with van der Waals surface area (Å²) in [6.45, 7) is 0.347. The SMILES string of the molecule is O=C(Cn1cnc2ccccc2c1=O)Nc1cnn(Cc2cn3ccccc3n2)c1. The van der Waals surface area contributed by atoms with Crippen molar-refractivity contribution >= 4 is 28.1 Å². The third-order valence-electron chi connectivity index (χ3n) is 4.70. The largest absolute Gasteiger partial charge is 0.322 e. The molecule has 0 aliphatic carbocycles. The number of pyridine rings is 1. The normalized spacial score (nSPS) is 11.2. The topological polar surface area (TPSA) is 99.1 Å². The first-order chi connectivity index (χ1) is 14.7. The summed E-state index contributed by atoms with van der Waals surface area (Å²) in [5, 5.41) is 7.51. The number of imidazole rings is 1. The molecule has 9 nitrogen and oxygen atoms in total. The van der Waals surface area contributed by atoms with Crippen LogP contribution in [0.5, 0.6) is 0 Å². The molecular weight excluding hydrogens is 382 g/mol. The highest BCUT2D eigenvalue weighted by atomic mass is 16.2. The van der Waals surface area contributed by atoms with Crippen LogP contribution in [-0.4, -0.2) is 34.6 Å². The molecule has 0 unspecified atom stereocenters. The second-order valence-corrected chi connectivity index (χ2v) is 6.87. The molecule has 0 aliphatic heterocycles. The van der Waals surface area contributed by atoms with E-state index in [-0.39, 0.29) is 18.0 Å². The van der Waals surface area contributed by atoms with Crippen LogP contribution in [0.4, 0.5) is 5.69 Å². The van der Waals surface area contributed by atoms with Gasteiger partial charge >= 0.3 is 0 Å².